The van der Waals surface area contributed by atoms with Crippen molar-refractivity contribution < 1.29 is 4.79 Å². The maximum absolute atomic E-state index is 12.0. The SMILES string of the molecule is Cc1cc(C)cc(N2CCCC(=O)C2(C)C)c1. The normalized spacial score (nSPS) is 19.5. The number of carbonyl (C=O) groups is 1. The third-order valence-corrected chi connectivity index (χ3v) is 3.66. The summed E-state index contributed by atoms with van der Waals surface area (Å²) >= 11 is 0. The Hall–Kier alpha value is -1.31. The lowest BCUT2D eigenvalue weighted by Crippen LogP contribution is -2.54. The van der Waals surface area contributed by atoms with E-state index in [0.29, 0.717) is 12.2 Å². The fraction of sp³-hybridized carbons (Fsp3) is 0.533. The van der Waals surface area contributed by atoms with E-state index in [-0.39, 0.29) is 5.54 Å². The predicted octanol–water partition coefficient (Wildman–Crippen LogP) is 3.25. The van der Waals surface area contributed by atoms with E-state index in [1.165, 1.54) is 16.8 Å². The first-order chi connectivity index (χ1) is 7.91. The molecule has 1 saturated heterocycles. The number of ketones is 1. The maximum Gasteiger partial charge on any atom is 0.157 e. The summed E-state index contributed by atoms with van der Waals surface area (Å²) < 4.78 is 0. The van der Waals surface area contributed by atoms with Crippen LogP contribution in [0.2, 0.25) is 0 Å². The molecule has 1 aromatic carbocycles. The number of nitrogens with zero attached hydrogens (tertiary/aromatic N) is 1. The van der Waals surface area contributed by atoms with Crippen LogP contribution < -0.4 is 4.90 Å². The average Bonchev–Trinajstić information content (AvgIpc) is 2.20. The van der Waals surface area contributed by atoms with Crippen molar-refractivity contribution in [3.63, 3.8) is 0 Å². The van der Waals surface area contributed by atoms with Gasteiger partial charge in [-0.1, -0.05) is 6.07 Å². The van der Waals surface area contributed by atoms with Gasteiger partial charge in [0.1, 0.15) is 0 Å². The van der Waals surface area contributed by atoms with Crippen LogP contribution in [-0.4, -0.2) is 17.9 Å². The molecule has 1 fully saturated rings. The molecule has 1 aromatic rings. The molecule has 2 rings (SSSR count). The summed E-state index contributed by atoms with van der Waals surface area (Å²) in [5.41, 5.74) is 3.33. The first-order valence-corrected chi connectivity index (χ1v) is 6.30. The smallest absolute Gasteiger partial charge is 0.157 e. The van der Waals surface area contributed by atoms with Crippen LogP contribution in [0.3, 0.4) is 0 Å². The summed E-state index contributed by atoms with van der Waals surface area (Å²) in [5, 5.41) is 0. The van der Waals surface area contributed by atoms with Crippen LogP contribution in [0.5, 0.6) is 0 Å². The molecule has 0 radical (unpaired) electrons. The molecule has 0 aromatic heterocycles. The molecule has 0 bridgehead atoms. The van der Waals surface area contributed by atoms with Gasteiger partial charge in [-0.25, -0.2) is 0 Å². The van der Waals surface area contributed by atoms with E-state index in [4.69, 9.17) is 0 Å². The van der Waals surface area contributed by atoms with E-state index in [2.05, 4.69) is 36.9 Å². The molecule has 1 aliphatic rings. The highest BCUT2D eigenvalue weighted by Crippen LogP contribution is 2.31. The molecule has 2 nitrogen and oxygen atoms in total. The van der Waals surface area contributed by atoms with Gasteiger partial charge in [0.2, 0.25) is 0 Å². The molecule has 0 aliphatic carbocycles. The van der Waals surface area contributed by atoms with Crippen molar-refractivity contribution in [2.75, 3.05) is 11.4 Å². The van der Waals surface area contributed by atoms with Gasteiger partial charge >= 0.3 is 0 Å². The number of anilines is 1. The molecule has 92 valence electrons. The average molecular weight is 231 g/mol. The molecule has 0 saturated carbocycles. The number of aryl methyl sites for hydroxylation is 2. The first kappa shape index (κ1) is 12.2. The van der Waals surface area contributed by atoms with Crippen LogP contribution in [0.25, 0.3) is 0 Å². The Labute approximate surface area is 104 Å². The second-order valence-corrected chi connectivity index (χ2v) is 5.58. The van der Waals surface area contributed by atoms with Gasteiger partial charge in [0, 0.05) is 18.7 Å². The molecular weight excluding hydrogens is 210 g/mol. The van der Waals surface area contributed by atoms with E-state index in [1.807, 2.05) is 13.8 Å². The Morgan fingerprint density at radius 3 is 2.29 bits per heavy atom. The van der Waals surface area contributed by atoms with Gasteiger partial charge in [-0.05, 0) is 57.4 Å². The molecule has 0 atom stereocenters. The highest BCUT2D eigenvalue weighted by molar-refractivity contribution is 5.92. The van der Waals surface area contributed by atoms with Crippen LogP contribution in [0.1, 0.15) is 37.8 Å². The summed E-state index contributed by atoms with van der Waals surface area (Å²) in [7, 11) is 0. The number of benzene rings is 1. The highest BCUT2D eigenvalue weighted by atomic mass is 16.1. The summed E-state index contributed by atoms with van der Waals surface area (Å²) in [6.07, 6.45) is 1.68. The number of Topliss-reactive ketones (excluding diaryl/α,β-unsaturated/α-hetero) is 1. The lowest BCUT2D eigenvalue weighted by molar-refractivity contribution is -0.124. The fourth-order valence-corrected chi connectivity index (χ4v) is 2.69. The van der Waals surface area contributed by atoms with Gasteiger partial charge in [0.15, 0.2) is 5.78 Å². The Bertz CT molecular complexity index is 428. The Kier molecular flexibility index (Phi) is 2.98. The summed E-state index contributed by atoms with van der Waals surface area (Å²) in [6, 6.07) is 6.52. The molecule has 0 unspecified atom stereocenters. The zero-order valence-corrected chi connectivity index (χ0v) is 11.2. The van der Waals surface area contributed by atoms with Gasteiger partial charge in [-0.15, -0.1) is 0 Å². The van der Waals surface area contributed by atoms with E-state index < -0.39 is 0 Å². The molecule has 0 spiro atoms. The second kappa shape index (κ2) is 4.17. The minimum absolute atomic E-state index is 0.350. The summed E-state index contributed by atoms with van der Waals surface area (Å²) in [4.78, 5) is 14.3. The van der Waals surface area contributed by atoms with Gasteiger partial charge in [0.25, 0.3) is 0 Å². The van der Waals surface area contributed by atoms with Crippen molar-refractivity contribution in [3.05, 3.63) is 29.3 Å². The van der Waals surface area contributed by atoms with Crippen LogP contribution in [-0.2, 0) is 4.79 Å². The lowest BCUT2D eigenvalue weighted by atomic mass is 9.88. The van der Waals surface area contributed by atoms with E-state index in [0.717, 1.165) is 13.0 Å². The van der Waals surface area contributed by atoms with E-state index in [1.54, 1.807) is 0 Å². The Morgan fingerprint density at radius 2 is 1.71 bits per heavy atom. The van der Waals surface area contributed by atoms with Gasteiger partial charge < -0.3 is 4.90 Å². The van der Waals surface area contributed by atoms with Gasteiger partial charge in [-0.2, -0.15) is 0 Å². The fourth-order valence-electron chi connectivity index (χ4n) is 2.69. The third-order valence-electron chi connectivity index (χ3n) is 3.66. The first-order valence-electron chi connectivity index (χ1n) is 6.30. The molecule has 0 N–H and O–H groups in total. The molecule has 17 heavy (non-hydrogen) atoms. The van der Waals surface area contributed by atoms with Crippen molar-refractivity contribution >= 4 is 11.5 Å². The summed E-state index contributed by atoms with van der Waals surface area (Å²) in [5.74, 6) is 0.350. The van der Waals surface area contributed by atoms with Crippen molar-refractivity contribution in [1.82, 2.24) is 0 Å². The Morgan fingerprint density at radius 1 is 1.12 bits per heavy atom. The number of carbonyl (C=O) groups excluding carboxylic acids is 1. The van der Waals surface area contributed by atoms with Gasteiger partial charge in [0.05, 0.1) is 5.54 Å². The lowest BCUT2D eigenvalue weighted by Gasteiger charge is -2.43. The molecular formula is C15H21NO. The molecule has 0 amide bonds. The molecule has 1 aliphatic heterocycles. The van der Waals surface area contributed by atoms with Crippen molar-refractivity contribution in [3.8, 4) is 0 Å². The molecule has 2 heteroatoms. The third kappa shape index (κ3) is 2.21. The monoisotopic (exact) mass is 231 g/mol. The summed E-state index contributed by atoms with van der Waals surface area (Å²) in [6.45, 7) is 9.25. The number of rotatable bonds is 1. The number of hydrogen-bond donors (Lipinski definition) is 0. The van der Waals surface area contributed by atoms with E-state index >= 15 is 0 Å². The van der Waals surface area contributed by atoms with E-state index in [9.17, 15) is 4.79 Å². The Balaban J connectivity index is 2.41. The minimum Gasteiger partial charge on any atom is -0.359 e. The standard InChI is InChI=1S/C15H21NO/c1-11-8-12(2)10-13(9-11)16-7-5-6-14(17)15(16,3)4/h8-10H,5-7H2,1-4H3. The van der Waals surface area contributed by atoms with Crippen molar-refractivity contribution in [2.45, 2.75) is 46.1 Å². The minimum atomic E-state index is -0.363. The molecule has 1 heterocycles. The quantitative estimate of drug-likeness (QED) is 0.739. The second-order valence-electron chi connectivity index (χ2n) is 5.58. The van der Waals surface area contributed by atoms with Gasteiger partial charge in [-0.3, -0.25) is 4.79 Å². The number of hydrogen-bond acceptors (Lipinski definition) is 2. The van der Waals surface area contributed by atoms with Crippen LogP contribution in [0.4, 0.5) is 5.69 Å². The topological polar surface area (TPSA) is 20.3 Å². The zero-order valence-electron chi connectivity index (χ0n) is 11.2. The highest BCUT2D eigenvalue weighted by Gasteiger charge is 2.37. The van der Waals surface area contributed by atoms with Crippen LogP contribution >= 0.6 is 0 Å². The van der Waals surface area contributed by atoms with Crippen LogP contribution in [0, 0.1) is 13.8 Å². The maximum atomic E-state index is 12.0. The van der Waals surface area contributed by atoms with Crippen molar-refractivity contribution in [2.24, 2.45) is 0 Å². The van der Waals surface area contributed by atoms with Crippen molar-refractivity contribution in [1.29, 1.82) is 0 Å². The number of piperidine rings is 1. The zero-order chi connectivity index (χ0) is 12.6. The van der Waals surface area contributed by atoms with Crippen LogP contribution in [0.15, 0.2) is 18.2 Å². The largest absolute Gasteiger partial charge is 0.359 e. The predicted molar refractivity (Wildman–Crippen MR) is 71.6 cm³/mol.